The first kappa shape index (κ1) is 12.9. The minimum Gasteiger partial charge on any atom is -0.293 e. The third-order valence-electron chi connectivity index (χ3n) is 3.09. The Hall–Kier alpha value is -2.14. The largest absolute Gasteiger partial charge is 0.293 e. The van der Waals surface area contributed by atoms with Crippen LogP contribution >= 0.6 is 11.3 Å². The molecule has 0 fully saturated rings. The lowest BCUT2D eigenvalue weighted by Crippen LogP contribution is -2.26. The van der Waals surface area contributed by atoms with Crippen LogP contribution in [0.4, 0.5) is 5.69 Å². The van der Waals surface area contributed by atoms with Crippen LogP contribution in [0.2, 0.25) is 0 Å². The van der Waals surface area contributed by atoms with Crippen LogP contribution in [-0.2, 0) is 0 Å². The molecule has 1 aliphatic carbocycles. The molecule has 1 aromatic carbocycles. The second-order valence-electron chi connectivity index (χ2n) is 4.73. The third kappa shape index (κ3) is 2.20. The van der Waals surface area contributed by atoms with Crippen LogP contribution in [0.25, 0.3) is 0 Å². The maximum atomic E-state index is 12.3. The molecule has 3 rings (SSSR count). The second-order valence-corrected chi connectivity index (χ2v) is 5.94. The molecule has 1 aliphatic rings. The number of aliphatic imine (C=N–C) groups is 1. The first-order valence-electron chi connectivity index (χ1n) is 6.24. The van der Waals surface area contributed by atoms with Crippen molar-refractivity contribution in [2.24, 2.45) is 4.99 Å². The SMILES string of the molecule is Cc1ccc(N=C2CC(=O)c3sc(C)nc3C2=O)cc1. The summed E-state index contributed by atoms with van der Waals surface area (Å²) in [6.45, 7) is 3.77. The number of nitrogens with zero attached hydrogens (tertiary/aromatic N) is 2. The van der Waals surface area contributed by atoms with Gasteiger partial charge in [-0.25, -0.2) is 9.98 Å². The van der Waals surface area contributed by atoms with Gasteiger partial charge in [-0.3, -0.25) is 9.59 Å². The summed E-state index contributed by atoms with van der Waals surface area (Å²) in [5, 5.41) is 0.730. The van der Waals surface area contributed by atoms with Crippen molar-refractivity contribution in [3.63, 3.8) is 0 Å². The van der Waals surface area contributed by atoms with Crippen LogP contribution in [0.5, 0.6) is 0 Å². The zero-order valence-electron chi connectivity index (χ0n) is 11.1. The van der Waals surface area contributed by atoms with E-state index in [-0.39, 0.29) is 29.4 Å². The van der Waals surface area contributed by atoms with Crippen LogP contribution in [0.1, 0.15) is 37.2 Å². The van der Waals surface area contributed by atoms with E-state index in [9.17, 15) is 9.59 Å². The number of aryl methyl sites for hydroxylation is 2. The highest BCUT2D eigenvalue weighted by atomic mass is 32.1. The van der Waals surface area contributed by atoms with Crippen molar-refractivity contribution in [3.05, 3.63) is 45.4 Å². The molecule has 100 valence electrons. The summed E-state index contributed by atoms with van der Waals surface area (Å²) >= 11 is 1.28. The average molecular weight is 284 g/mol. The number of aromatic nitrogens is 1. The molecule has 1 aromatic heterocycles. The van der Waals surface area contributed by atoms with E-state index in [2.05, 4.69) is 9.98 Å². The molecule has 0 aliphatic heterocycles. The monoisotopic (exact) mass is 284 g/mol. The van der Waals surface area contributed by atoms with E-state index in [0.717, 1.165) is 10.6 Å². The zero-order chi connectivity index (χ0) is 14.3. The molecule has 0 saturated carbocycles. The number of rotatable bonds is 1. The normalized spacial score (nSPS) is 16.6. The van der Waals surface area contributed by atoms with Crippen LogP contribution in [-0.4, -0.2) is 22.3 Å². The summed E-state index contributed by atoms with van der Waals surface area (Å²) in [6, 6.07) is 7.52. The predicted octanol–water partition coefficient (Wildman–Crippen LogP) is 3.30. The molecule has 0 saturated heterocycles. The number of carbonyl (C=O) groups is 2. The lowest BCUT2D eigenvalue weighted by molar-refractivity contribution is 0.0967. The van der Waals surface area contributed by atoms with E-state index in [1.54, 1.807) is 6.92 Å². The molecular weight excluding hydrogens is 272 g/mol. The molecule has 0 bridgehead atoms. The molecule has 20 heavy (non-hydrogen) atoms. The first-order chi connectivity index (χ1) is 9.54. The summed E-state index contributed by atoms with van der Waals surface area (Å²) in [5.74, 6) is -0.305. The Bertz CT molecular complexity index is 742. The Morgan fingerprint density at radius 3 is 2.55 bits per heavy atom. The Labute approximate surface area is 120 Å². The summed E-state index contributed by atoms with van der Waals surface area (Å²) in [7, 11) is 0. The van der Waals surface area contributed by atoms with Crippen molar-refractivity contribution < 1.29 is 9.59 Å². The summed E-state index contributed by atoms with van der Waals surface area (Å²) in [6.07, 6.45) is 0.0569. The molecule has 0 spiro atoms. The third-order valence-corrected chi connectivity index (χ3v) is 4.10. The highest BCUT2D eigenvalue weighted by Gasteiger charge is 2.32. The van der Waals surface area contributed by atoms with Gasteiger partial charge in [-0.2, -0.15) is 0 Å². The van der Waals surface area contributed by atoms with Crippen molar-refractivity contribution >= 4 is 34.3 Å². The molecule has 0 N–H and O–H groups in total. The van der Waals surface area contributed by atoms with Crippen molar-refractivity contribution in [2.45, 2.75) is 20.3 Å². The maximum absolute atomic E-state index is 12.3. The van der Waals surface area contributed by atoms with Crippen molar-refractivity contribution in [1.29, 1.82) is 0 Å². The van der Waals surface area contributed by atoms with E-state index in [0.29, 0.717) is 10.6 Å². The number of hydrogen-bond donors (Lipinski definition) is 0. The molecular formula is C15H12N2O2S. The van der Waals surface area contributed by atoms with E-state index in [1.165, 1.54) is 11.3 Å². The Morgan fingerprint density at radius 1 is 1.15 bits per heavy atom. The van der Waals surface area contributed by atoms with Gasteiger partial charge in [-0.05, 0) is 26.0 Å². The van der Waals surface area contributed by atoms with Gasteiger partial charge in [0.15, 0.2) is 5.78 Å². The van der Waals surface area contributed by atoms with E-state index in [4.69, 9.17) is 0 Å². The second kappa shape index (κ2) is 4.76. The quantitative estimate of drug-likeness (QED) is 0.807. The predicted molar refractivity (Wildman–Crippen MR) is 78.4 cm³/mol. The van der Waals surface area contributed by atoms with Crippen LogP contribution < -0.4 is 0 Å². The molecule has 2 aromatic rings. The highest BCUT2D eigenvalue weighted by Crippen LogP contribution is 2.26. The van der Waals surface area contributed by atoms with E-state index in [1.807, 2.05) is 31.2 Å². The fourth-order valence-electron chi connectivity index (χ4n) is 2.08. The maximum Gasteiger partial charge on any atom is 0.227 e. The van der Waals surface area contributed by atoms with Crippen molar-refractivity contribution in [3.8, 4) is 0 Å². The minimum absolute atomic E-state index is 0.0569. The minimum atomic E-state index is -0.232. The van der Waals surface area contributed by atoms with E-state index < -0.39 is 0 Å². The van der Waals surface area contributed by atoms with Gasteiger partial charge in [-0.1, -0.05) is 17.7 Å². The fraction of sp³-hybridized carbons (Fsp3) is 0.200. The highest BCUT2D eigenvalue weighted by molar-refractivity contribution is 7.14. The molecule has 1 heterocycles. The molecule has 0 atom stereocenters. The summed E-state index contributed by atoms with van der Waals surface area (Å²) < 4.78 is 0. The van der Waals surface area contributed by atoms with Gasteiger partial charge < -0.3 is 0 Å². The van der Waals surface area contributed by atoms with Gasteiger partial charge >= 0.3 is 0 Å². The molecule has 0 amide bonds. The van der Waals surface area contributed by atoms with E-state index >= 15 is 0 Å². The van der Waals surface area contributed by atoms with Gasteiger partial charge in [0.1, 0.15) is 10.6 Å². The van der Waals surface area contributed by atoms with Gasteiger partial charge in [0.25, 0.3) is 0 Å². The lowest BCUT2D eigenvalue weighted by atomic mass is 9.98. The number of ketones is 2. The Balaban J connectivity index is 2.02. The van der Waals surface area contributed by atoms with Gasteiger partial charge in [0, 0.05) is 0 Å². The van der Waals surface area contributed by atoms with Crippen LogP contribution in [0.3, 0.4) is 0 Å². The molecule has 0 unspecified atom stereocenters. The van der Waals surface area contributed by atoms with Crippen LogP contribution in [0, 0.1) is 13.8 Å². The lowest BCUT2D eigenvalue weighted by Gasteiger charge is -2.10. The van der Waals surface area contributed by atoms with Crippen LogP contribution in [0.15, 0.2) is 29.3 Å². The van der Waals surface area contributed by atoms with Gasteiger partial charge in [0.05, 0.1) is 22.8 Å². The topological polar surface area (TPSA) is 59.4 Å². The Morgan fingerprint density at radius 2 is 1.85 bits per heavy atom. The molecule has 0 radical (unpaired) electrons. The van der Waals surface area contributed by atoms with Gasteiger partial charge in [-0.15, -0.1) is 11.3 Å². The number of fused-ring (bicyclic) bond motifs is 1. The number of carbonyl (C=O) groups excluding carboxylic acids is 2. The average Bonchev–Trinajstić information content (AvgIpc) is 2.81. The fourth-order valence-corrected chi connectivity index (χ4v) is 2.94. The first-order valence-corrected chi connectivity index (χ1v) is 7.06. The Kier molecular flexibility index (Phi) is 3.06. The number of hydrogen-bond acceptors (Lipinski definition) is 5. The number of Topliss-reactive ketones (excluding diaryl/α,β-unsaturated/α-hetero) is 2. The molecule has 5 heteroatoms. The molecule has 4 nitrogen and oxygen atoms in total. The standard InChI is InChI=1S/C15H12N2O2S/c1-8-3-5-10(6-4-8)17-11-7-12(18)15-13(14(11)19)16-9(2)20-15/h3-6H,7H2,1-2H3. The number of benzene rings is 1. The van der Waals surface area contributed by atoms with Crippen molar-refractivity contribution in [1.82, 2.24) is 4.98 Å². The summed E-state index contributed by atoms with van der Waals surface area (Å²) in [4.78, 5) is 33.3. The summed E-state index contributed by atoms with van der Waals surface area (Å²) in [5.41, 5.74) is 2.34. The smallest absolute Gasteiger partial charge is 0.227 e. The number of thiazole rings is 1. The zero-order valence-corrected chi connectivity index (χ0v) is 12.0. The van der Waals surface area contributed by atoms with Crippen molar-refractivity contribution in [2.75, 3.05) is 0 Å². The van der Waals surface area contributed by atoms with Gasteiger partial charge in [0.2, 0.25) is 5.78 Å².